The molecule has 5 nitrogen and oxygen atoms in total. The summed E-state index contributed by atoms with van der Waals surface area (Å²) in [6.45, 7) is 1.85. The van der Waals surface area contributed by atoms with Crippen LogP contribution in [-0.4, -0.2) is 30.4 Å². The van der Waals surface area contributed by atoms with Crippen LogP contribution in [0.2, 0.25) is 0 Å². The Hall–Kier alpha value is -1.07. The van der Waals surface area contributed by atoms with E-state index in [4.69, 9.17) is 9.26 Å². The van der Waals surface area contributed by atoms with Gasteiger partial charge in [-0.25, -0.2) is 0 Å². The van der Waals surface area contributed by atoms with Crippen molar-refractivity contribution in [2.75, 3.05) is 13.7 Å². The van der Waals surface area contributed by atoms with Gasteiger partial charge in [0, 0.05) is 17.6 Å². The Morgan fingerprint density at radius 3 is 3.18 bits per heavy atom. The Balaban J connectivity index is 1.57. The van der Waals surface area contributed by atoms with Gasteiger partial charge in [0.15, 0.2) is 5.76 Å². The summed E-state index contributed by atoms with van der Waals surface area (Å²) in [5.41, 5.74) is 0.365. The van der Waals surface area contributed by atoms with Crippen LogP contribution in [0.3, 0.4) is 0 Å². The van der Waals surface area contributed by atoms with Crippen LogP contribution < -0.4 is 15.4 Å². The first kappa shape index (κ1) is 11.0. The van der Waals surface area contributed by atoms with Crippen LogP contribution in [0.15, 0.2) is 10.6 Å². The average molecular weight is 237 g/mol. The van der Waals surface area contributed by atoms with Crippen molar-refractivity contribution in [3.05, 3.63) is 11.8 Å². The molecule has 1 unspecified atom stereocenters. The molecule has 2 fully saturated rings. The SMILES string of the molecule is COc1cc(CNC2CCNC23CCC3)on1. The van der Waals surface area contributed by atoms with E-state index in [1.54, 1.807) is 7.11 Å². The molecule has 2 aliphatic rings. The minimum absolute atomic E-state index is 0.365. The van der Waals surface area contributed by atoms with Crippen LogP contribution in [0.25, 0.3) is 0 Å². The second kappa shape index (κ2) is 4.31. The molecule has 0 radical (unpaired) electrons. The second-order valence-corrected chi connectivity index (χ2v) is 4.99. The van der Waals surface area contributed by atoms with Gasteiger partial charge in [0.05, 0.1) is 13.7 Å². The van der Waals surface area contributed by atoms with Gasteiger partial charge in [-0.15, -0.1) is 0 Å². The van der Waals surface area contributed by atoms with E-state index in [9.17, 15) is 0 Å². The van der Waals surface area contributed by atoms with Crippen LogP contribution in [0, 0.1) is 0 Å². The van der Waals surface area contributed by atoms with E-state index in [0.29, 0.717) is 17.5 Å². The molecule has 0 amide bonds. The summed E-state index contributed by atoms with van der Waals surface area (Å²) in [6, 6.07) is 2.40. The zero-order valence-corrected chi connectivity index (χ0v) is 10.2. The number of hydrogen-bond donors (Lipinski definition) is 2. The lowest BCUT2D eigenvalue weighted by molar-refractivity contribution is 0.167. The maximum absolute atomic E-state index is 5.18. The normalized spacial score (nSPS) is 26.1. The van der Waals surface area contributed by atoms with E-state index >= 15 is 0 Å². The molecule has 94 valence electrons. The van der Waals surface area contributed by atoms with E-state index < -0.39 is 0 Å². The number of nitrogens with one attached hydrogen (secondary N) is 2. The molecular weight excluding hydrogens is 218 g/mol. The standard InChI is InChI=1S/C12H19N3O2/c1-16-11-7-9(17-15-11)8-13-10-3-6-14-12(10)4-2-5-12/h7,10,13-14H,2-6,8H2,1H3. The summed E-state index contributed by atoms with van der Waals surface area (Å²) in [7, 11) is 1.60. The molecular formula is C12H19N3O2. The van der Waals surface area contributed by atoms with Gasteiger partial charge in [0.2, 0.25) is 0 Å². The van der Waals surface area contributed by atoms with E-state index in [1.807, 2.05) is 6.07 Å². The second-order valence-electron chi connectivity index (χ2n) is 4.99. The average Bonchev–Trinajstić information content (AvgIpc) is 2.91. The van der Waals surface area contributed by atoms with Gasteiger partial charge in [0.25, 0.3) is 5.88 Å². The van der Waals surface area contributed by atoms with Gasteiger partial charge in [-0.05, 0) is 37.4 Å². The maximum Gasteiger partial charge on any atom is 0.254 e. The summed E-state index contributed by atoms with van der Waals surface area (Å²) in [6.07, 6.45) is 5.14. The fraction of sp³-hybridized carbons (Fsp3) is 0.750. The number of hydrogen-bond acceptors (Lipinski definition) is 5. The predicted octanol–water partition coefficient (Wildman–Crippen LogP) is 1.06. The van der Waals surface area contributed by atoms with Crippen molar-refractivity contribution in [1.82, 2.24) is 15.8 Å². The van der Waals surface area contributed by atoms with E-state index in [0.717, 1.165) is 18.8 Å². The molecule has 1 spiro atoms. The van der Waals surface area contributed by atoms with Gasteiger partial charge in [-0.1, -0.05) is 0 Å². The van der Waals surface area contributed by atoms with Crippen molar-refractivity contribution in [2.24, 2.45) is 0 Å². The fourth-order valence-electron chi connectivity index (χ4n) is 2.94. The van der Waals surface area contributed by atoms with Crippen molar-refractivity contribution >= 4 is 0 Å². The fourth-order valence-corrected chi connectivity index (χ4v) is 2.94. The zero-order chi connectivity index (χ0) is 11.7. The molecule has 5 heteroatoms. The van der Waals surface area contributed by atoms with Gasteiger partial charge >= 0.3 is 0 Å². The van der Waals surface area contributed by atoms with Crippen LogP contribution in [0.1, 0.15) is 31.4 Å². The van der Waals surface area contributed by atoms with Crippen LogP contribution in [-0.2, 0) is 6.54 Å². The summed E-state index contributed by atoms with van der Waals surface area (Å²) < 4.78 is 10.2. The largest absolute Gasteiger partial charge is 0.479 e. The van der Waals surface area contributed by atoms with Gasteiger partial charge in [-0.2, -0.15) is 0 Å². The van der Waals surface area contributed by atoms with E-state index in [-0.39, 0.29) is 0 Å². The summed E-state index contributed by atoms with van der Waals surface area (Å²) in [5.74, 6) is 1.38. The molecule has 1 aromatic rings. The molecule has 1 aliphatic carbocycles. The van der Waals surface area contributed by atoms with Crippen LogP contribution >= 0.6 is 0 Å². The number of rotatable bonds is 4. The third-order valence-electron chi connectivity index (χ3n) is 4.09. The third kappa shape index (κ3) is 1.93. The van der Waals surface area contributed by atoms with E-state index in [1.165, 1.54) is 25.7 Å². The molecule has 1 aromatic heterocycles. The first-order chi connectivity index (χ1) is 8.32. The molecule has 2 heterocycles. The third-order valence-corrected chi connectivity index (χ3v) is 4.09. The highest BCUT2D eigenvalue weighted by Gasteiger charge is 2.46. The monoisotopic (exact) mass is 237 g/mol. The Bertz CT molecular complexity index is 387. The Morgan fingerprint density at radius 2 is 2.53 bits per heavy atom. The molecule has 0 aromatic carbocycles. The molecule has 1 atom stereocenters. The predicted molar refractivity (Wildman–Crippen MR) is 62.9 cm³/mol. The smallest absolute Gasteiger partial charge is 0.254 e. The summed E-state index contributed by atoms with van der Waals surface area (Å²) in [5, 5.41) is 11.0. The molecule has 0 bridgehead atoms. The zero-order valence-electron chi connectivity index (χ0n) is 10.2. The Morgan fingerprint density at radius 1 is 1.65 bits per heavy atom. The minimum Gasteiger partial charge on any atom is -0.479 e. The highest BCUT2D eigenvalue weighted by Crippen LogP contribution is 2.39. The van der Waals surface area contributed by atoms with Crippen LogP contribution in [0.5, 0.6) is 5.88 Å². The molecule has 1 saturated heterocycles. The number of aromatic nitrogens is 1. The minimum atomic E-state index is 0.365. The Labute approximate surface area is 101 Å². The highest BCUT2D eigenvalue weighted by atomic mass is 16.5. The van der Waals surface area contributed by atoms with Gasteiger partial charge < -0.3 is 19.9 Å². The first-order valence-corrected chi connectivity index (χ1v) is 6.30. The molecule has 1 aliphatic heterocycles. The number of methoxy groups -OCH3 is 1. The topological polar surface area (TPSA) is 59.3 Å². The van der Waals surface area contributed by atoms with Crippen molar-refractivity contribution in [2.45, 2.75) is 43.8 Å². The van der Waals surface area contributed by atoms with Crippen LogP contribution in [0.4, 0.5) is 0 Å². The quantitative estimate of drug-likeness (QED) is 0.820. The van der Waals surface area contributed by atoms with Crippen molar-refractivity contribution in [3.8, 4) is 5.88 Å². The van der Waals surface area contributed by atoms with Gasteiger partial charge in [0.1, 0.15) is 0 Å². The van der Waals surface area contributed by atoms with Crippen molar-refractivity contribution in [3.63, 3.8) is 0 Å². The maximum atomic E-state index is 5.18. The lowest BCUT2D eigenvalue weighted by Gasteiger charge is -2.43. The molecule has 3 rings (SSSR count). The molecule has 1 saturated carbocycles. The summed E-state index contributed by atoms with van der Waals surface area (Å²) >= 11 is 0. The number of nitrogens with zero attached hydrogens (tertiary/aromatic N) is 1. The lowest BCUT2D eigenvalue weighted by atomic mass is 9.73. The Kier molecular flexibility index (Phi) is 2.80. The van der Waals surface area contributed by atoms with Crippen molar-refractivity contribution < 1.29 is 9.26 Å². The van der Waals surface area contributed by atoms with Gasteiger partial charge in [-0.3, -0.25) is 0 Å². The number of ether oxygens (including phenoxy) is 1. The lowest BCUT2D eigenvalue weighted by Crippen LogP contribution is -2.57. The van der Waals surface area contributed by atoms with E-state index in [2.05, 4.69) is 15.8 Å². The molecule has 2 N–H and O–H groups in total. The molecule has 17 heavy (non-hydrogen) atoms. The summed E-state index contributed by atoms with van der Waals surface area (Å²) in [4.78, 5) is 0. The highest BCUT2D eigenvalue weighted by molar-refractivity contribution is 5.13. The first-order valence-electron chi connectivity index (χ1n) is 6.30. The van der Waals surface area contributed by atoms with Crippen molar-refractivity contribution in [1.29, 1.82) is 0 Å².